The Morgan fingerprint density at radius 2 is 1.71 bits per heavy atom. The van der Waals surface area contributed by atoms with E-state index in [0.29, 0.717) is 0 Å². The van der Waals surface area contributed by atoms with Gasteiger partial charge in [-0.2, -0.15) is 0 Å². The first kappa shape index (κ1) is 25.0. The van der Waals surface area contributed by atoms with Gasteiger partial charge in [0, 0.05) is 64.1 Å². The second kappa shape index (κ2) is 12.5. The summed E-state index contributed by atoms with van der Waals surface area (Å²) in [4.78, 5) is 11.6. The minimum absolute atomic E-state index is 0.779. The lowest BCUT2D eigenvalue weighted by atomic mass is 10.1. The Morgan fingerprint density at radius 3 is 2.54 bits per heavy atom. The number of likely N-dealkylation sites (N-methyl/N-ethyl adjacent to an activating group) is 2. The summed E-state index contributed by atoms with van der Waals surface area (Å²) in [7, 11) is 4.27. The van der Waals surface area contributed by atoms with Crippen LogP contribution in [0.15, 0.2) is 71.0 Å². The van der Waals surface area contributed by atoms with Crippen molar-refractivity contribution in [3.8, 4) is 5.75 Å². The number of benzene rings is 2. The van der Waals surface area contributed by atoms with Crippen molar-refractivity contribution in [2.24, 2.45) is 4.99 Å². The molecule has 0 saturated heterocycles. The molecule has 0 atom stereocenters. The highest BCUT2D eigenvalue weighted by molar-refractivity contribution is 5.83. The first-order valence-corrected chi connectivity index (χ1v) is 13.1. The Hall–Kier alpha value is -3.15. The third-order valence-electron chi connectivity index (χ3n) is 6.79. The van der Waals surface area contributed by atoms with Crippen LogP contribution in [-0.2, 0) is 6.42 Å². The SMILES string of the molecule is CCN=C1NC2=C(CN1C)CN(c1cccc(OCCCCCCc3ccccc3)c1)CCN2C. The van der Waals surface area contributed by atoms with Gasteiger partial charge in [-0.3, -0.25) is 4.99 Å². The monoisotopic (exact) mass is 475 g/mol. The van der Waals surface area contributed by atoms with Crippen LogP contribution < -0.4 is 15.0 Å². The average molecular weight is 476 g/mol. The highest BCUT2D eigenvalue weighted by Crippen LogP contribution is 2.26. The minimum Gasteiger partial charge on any atom is -0.494 e. The molecule has 35 heavy (non-hydrogen) atoms. The van der Waals surface area contributed by atoms with Crippen molar-refractivity contribution < 1.29 is 4.74 Å². The maximum Gasteiger partial charge on any atom is 0.199 e. The largest absolute Gasteiger partial charge is 0.494 e. The average Bonchev–Trinajstić information content (AvgIpc) is 3.03. The Labute approximate surface area is 211 Å². The summed E-state index contributed by atoms with van der Waals surface area (Å²) >= 11 is 0. The van der Waals surface area contributed by atoms with Crippen molar-refractivity contribution in [2.45, 2.75) is 39.0 Å². The van der Waals surface area contributed by atoms with Gasteiger partial charge in [0.1, 0.15) is 11.6 Å². The number of ether oxygens (including phenoxy) is 1. The zero-order valence-corrected chi connectivity index (χ0v) is 21.7. The standard InChI is InChI=1S/C29H41N5O/c1-4-30-29-31-28-25(22-33(29)3)23-34(19-18-32(28)2)26-16-12-17-27(21-26)35-20-11-6-5-8-13-24-14-9-7-10-15-24/h7,9-10,12,14-17,21H,4-6,8,11,13,18-20,22-23H2,1-3H3,(H,30,31). The second-order valence-corrected chi connectivity index (χ2v) is 9.57. The number of anilines is 1. The van der Waals surface area contributed by atoms with Gasteiger partial charge in [-0.15, -0.1) is 0 Å². The molecule has 2 aliphatic rings. The van der Waals surface area contributed by atoms with E-state index < -0.39 is 0 Å². The molecule has 6 nitrogen and oxygen atoms in total. The molecule has 0 bridgehead atoms. The van der Waals surface area contributed by atoms with E-state index in [4.69, 9.17) is 4.74 Å². The Bertz CT molecular complexity index is 1000. The highest BCUT2D eigenvalue weighted by atomic mass is 16.5. The first-order chi connectivity index (χ1) is 17.1. The minimum atomic E-state index is 0.779. The molecule has 0 saturated carbocycles. The number of aliphatic imine (C=N–C) groups is 1. The van der Waals surface area contributed by atoms with Gasteiger partial charge in [-0.25, -0.2) is 0 Å². The lowest BCUT2D eigenvalue weighted by Gasteiger charge is -2.34. The van der Waals surface area contributed by atoms with Gasteiger partial charge in [-0.1, -0.05) is 49.2 Å². The molecule has 4 rings (SSSR count). The van der Waals surface area contributed by atoms with Gasteiger partial charge in [0.25, 0.3) is 0 Å². The normalized spacial score (nSPS) is 17.3. The molecule has 0 unspecified atom stereocenters. The van der Waals surface area contributed by atoms with Crippen molar-refractivity contribution in [1.82, 2.24) is 15.1 Å². The van der Waals surface area contributed by atoms with Gasteiger partial charge >= 0.3 is 0 Å². The summed E-state index contributed by atoms with van der Waals surface area (Å²) in [5.41, 5.74) is 4.06. The van der Waals surface area contributed by atoms with Crippen molar-refractivity contribution in [1.29, 1.82) is 0 Å². The lowest BCUT2D eigenvalue weighted by Crippen LogP contribution is -2.48. The fraction of sp³-hybridized carbons (Fsp3) is 0.483. The molecule has 188 valence electrons. The summed E-state index contributed by atoms with van der Waals surface area (Å²) in [6.45, 7) is 7.37. The van der Waals surface area contributed by atoms with Crippen LogP contribution in [-0.4, -0.2) is 69.2 Å². The van der Waals surface area contributed by atoms with Gasteiger partial charge in [0.2, 0.25) is 0 Å². The van der Waals surface area contributed by atoms with Crippen LogP contribution >= 0.6 is 0 Å². The molecule has 1 N–H and O–H groups in total. The van der Waals surface area contributed by atoms with Crippen LogP contribution in [0, 0.1) is 0 Å². The van der Waals surface area contributed by atoms with E-state index in [1.807, 2.05) is 0 Å². The third-order valence-corrected chi connectivity index (χ3v) is 6.79. The van der Waals surface area contributed by atoms with Crippen LogP contribution in [0.5, 0.6) is 5.75 Å². The first-order valence-electron chi connectivity index (χ1n) is 13.1. The van der Waals surface area contributed by atoms with Gasteiger partial charge in [0.15, 0.2) is 5.96 Å². The molecule has 2 aromatic carbocycles. The smallest absolute Gasteiger partial charge is 0.199 e. The quantitative estimate of drug-likeness (QED) is 0.503. The molecule has 2 heterocycles. The predicted octanol–water partition coefficient (Wildman–Crippen LogP) is 4.74. The fourth-order valence-corrected chi connectivity index (χ4v) is 4.83. The summed E-state index contributed by atoms with van der Waals surface area (Å²) in [6.07, 6.45) is 5.99. The number of guanidine groups is 1. The van der Waals surface area contributed by atoms with Crippen LogP contribution in [0.1, 0.15) is 38.2 Å². The lowest BCUT2D eigenvalue weighted by molar-refractivity contribution is 0.304. The number of aryl methyl sites for hydroxylation is 1. The second-order valence-electron chi connectivity index (χ2n) is 9.57. The predicted molar refractivity (Wildman–Crippen MR) is 146 cm³/mol. The Balaban J connectivity index is 1.27. The van der Waals surface area contributed by atoms with Gasteiger partial charge in [0.05, 0.1) is 6.61 Å². The van der Waals surface area contributed by atoms with E-state index in [-0.39, 0.29) is 0 Å². The number of unbranched alkanes of at least 4 members (excludes halogenated alkanes) is 3. The topological polar surface area (TPSA) is 43.3 Å². The van der Waals surface area contributed by atoms with Crippen LogP contribution in [0.2, 0.25) is 0 Å². The fourth-order valence-electron chi connectivity index (χ4n) is 4.83. The van der Waals surface area contributed by atoms with Gasteiger partial charge in [-0.05, 0) is 43.9 Å². The van der Waals surface area contributed by atoms with E-state index in [0.717, 1.165) is 57.5 Å². The molecule has 2 aromatic rings. The molecule has 0 radical (unpaired) electrons. The van der Waals surface area contributed by atoms with E-state index >= 15 is 0 Å². The number of rotatable bonds is 10. The van der Waals surface area contributed by atoms with Crippen LogP contribution in [0.25, 0.3) is 0 Å². The van der Waals surface area contributed by atoms with Gasteiger partial charge < -0.3 is 24.8 Å². The van der Waals surface area contributed by atoms with Crippen LogP contribution in [0.4, 0.5) is 5.69 Å². The maximum absolute atomic E-state index is 6.13. The van der Waals surface area contributed by atoms with E-state index in [1.54, 1.807) is 0 Å². The summed E-state index contributed by atoms with van der Waals surface area (Å²) in [5.74, 6) is 3.13. The molecule has 0 aliphatic carbocycles. The summed E-state index contributed by atoms with van der Waals surface area (Å²) < 4.78 is 6.13. The summed E-state index contributed by atoms with van der Waals surface area (Å²) in [5, 5.41) is 3.57. The number of nitrogens with one attached hydrogen (secondary N) is 1. The number of nitrogens with zero attached hydrogens (tertiary/aromatic N) is 4. The molecule has 6 heteroatoms. The molecule has 2 aliphatic heterocycles. The zero-order valence-electron chi connectivity index (χ0n) is 21.7. The van der Waals surface area contributed by atoms with Crippen molar-refractivity contribution in [3.05, 3.63) is 71.6 Å². The Kier molecular flexibility index (Phi) is 8.93. The van der Waals surface area contributed by atoms with E-state index in [1.165, 1.54) is 48.3 Å². The van der Waals surface area contributed by atoms with Crippen molar-refractivity contribution in [2.75, 3.05) is 58.3 Å². The third kappa shape index (κ3) is 6.93. The molecule has 0 fully saturated rings. The van der Waals surface area contributed by atoms with E-state index in [2.05, 4.69) is 101 Å². The van der Waals surface area contributed by atoms with Crippen molar-refractivity contribution in [3.63, 3.8) is 0 Å². The molecular formula is C29H41N5O. The maximum atomic E-state index is 6.13. The molecule has 0 amide bonds. The Morgan fingerprint density at radius 1 is 0.886 bits per heavy atom. The number of hydrogen-bond donors (Lipinski definition) is 1. The molecule has 0 aromatic heterocycles. The summed E-state index contributed by atoms with van der Waals surface area (Å²) in [6, 6.07) is 19.4. The van der Waals surface area contributed by atoms with E-state index in [9.17, 15) is 0 Å². The molecular weight excluding hydrogens is 434 g/mol. The van der Waals surface area contributed by atoms with Crippen molar-refractivity contribution >= 4 is 11.6 Å². The van der Waals surface area contributed by atoms with Crippen LogP contribution in [0.3, 0.4) is 0 Å². The highest BCUT2D eigenvalue weighted by Gasteiger charge is 2.27. The molecule has 0 spiro atoms. The zero-order chi connectivity index (χ0) is 24.5. The number of hydrogen-bond acceptors (Lipinski definition) is 4.